The van der Waals surface area contributed by atoms with Crippen molar-refractivity contribution < 1.29 is 4.74 Å². The zero-order chi connectivity index (χ0) is 8.11. The van der Waals surface area contributed by atoms with Crippen LogP contribution in [0.3, 0.4) is 0 Å². The first-order chi connectivity index (χ1) is 5.06. The molecule has 0 amide bonds. The van der Waals surface area contributed by atoms with E-state index in [1.807, 2.05) is 0 Å². The zero-order valence-corrected chi connectivity index (χ0v) is 7.35. The van der Waals surface area contributed by atoms with Crippen LogP contribution < -0.4 is 0 Å². The van der Waals surface area contributed by atoms with Gasteiger partial charge in [-0.15, -0.1) is 0 Å². The van der Waals surface area contributed by atoms with E-state index in [-0.39, 0.29) is 11.2 Å². The molecule has 0 bridgehead atoms. The van der Waals surface area contributed by atoms with E-state index >= 15 is 0 Å². The van der Waals surface area contributed by atoms with Crippen LogP contribution in [0.15, 0.2) is 23.8 Å². The summed E-state index contributed by atoms with van der Waals surface area (Å²) in [5.41, 5.74) is 1.47. The van der Waals surface area contributed by atoms with Gasteiger partial charge in [0.2, 0.25) is 0 Å². The normalized spacial score (nSPS) is 39.0. The van der Waals surface area contributed by atoms with Crippen molar-refractivity contribution in [1.82, 2.24) is 0 Å². The van der Waals surface area contributed by atoms with Gasteiger partial charge in [-0.2, -0.15) is 0 Å². The van der Waals surface area contributed by atoms with Crippen molar-refractivity contribution in [1.29, 1.82) is 0 Å². The summed E-state index contributed by atoms with van der Waals surface area (Å²) in [7, 11) is 0. The monoisotopic (exact) mass is 150 g/mol. The van der Waals surface area contributed by atoms with Crippen molar-refractivity contribution in [3.8, 4) is 0 Å². The molecule has 1 nitrogen and oxygen atoms in total. The van der Waals surface area contributed by atoms with Crippen LogP contribution in [0.1, 0.15) is 27.2 Å². The molecule has 0 saturated carbocycles. The minimum absolute atomic E-state index is 0.0481. The molecule has 1 heterocycles. The molecule has 1 spiro atoms. The average molecular weight is 150 g/mol. The van der Waals surface area contributed by atoms with E-state index in [1.165, 1.54) is 5.57 Å². The maximum atomic E-state index is 5.65. The molecule has 11 heavy (non-hydrogen) atoms. The second kappa shape index (κ2) is 1.78. The van der Waals surface area contributed by atoms with E-state index < -0.39 is 0 Å². The van der Waals surface area contributed by atoms with E-state index in [2.05, 4.69) is 39.0 Å². The van der Waals surface area contributed by atoms with Crippen molar-refractivity contribution >= 4 is 0 Å². The van der Waals surface area contributed by atoms with Crippen LogP contribution in [0.4, 0.5) is 0 Å². The van der Waals surface area contributed by atoms with E-state index in [4.69, 9.17) is 4.74 Å². The highest BCUT2D eigenvalue weighted by Gasteiger charge is 2.61. The van der Waals surface area contributed by atoms with E-state index in [0.717, 1.165) is 6.42 Å². The highest BCUT2D eigenvalue weighted by molar-refractivity contribution is 5.34. The predicted octanol–water partition coefficient (Wildman–Crippen LogP) is 2.44. The third kappa shape index (κ3) is 0.875. The third-order valence-electron chi connectivity index (χ3n) is 2.76. The van der Waals surface area contributed by atoms with Gasteiger partial charge in [-0.25, -0.2) is 0 Å². The number of hydrogen-bond donors (Lipinski definition) is 0. The Morgan fingerprint density at radius 1 is 1.45 bits per heavy atom. The van der Waals surface area contributed by atoms with Crippen LogP contribution in [0.5, 0.6) is 0 Å². The Hall–Kier alpha value is -0.560. The van der Waals surface area contributed by atoms with Gasteiger partial charge in [-0.05, 0) is 26.8 Å². The molecule has 0 aromatic heterocycles. The molecule has 1 saturated heterocycles. The van der Waals surface area contributed by atoms with Crippen LogP contribution in [-0.2, 0) is 4.74 Å². The van der Waals surface area contributed by atoms with Crippen LogP contribution >= 0.6 is 0 Å². The number of allylic oxidation sites excluding steroid dienone is 2. The van der Waals surface area contributed by atoms with Gasteiger partial charge in [-0.3, -0.25) is 0 Å². The topological polar surface area (TPSA) is 12.5 Å². The Morgan fingerprint density at radius 3 is 2.45 bits per heavy atom. The fourth-order valence-corrected chi connectivity index (χ4v) is 1.67. The highest BCUT2D eigenvalue weighted by atomic mass is 16.6. The van der Waals surface area contributed by atoms with Gasteiger partial charge in [0.05, 0.1) is 5.60 Å². The number of epoxide rings is 1. The van der Waals surface area contributed by atoms with Crippen molar-refractivity contribution in [2.45, 2.75) is 38.4 Å². The Kier molecular flexibility index (Phi) is 1.15. The van der Waals surface area contributed by atoms with E-state index in [9.17, 15) is 0 Å². The van der Waals surface area contributed by atoms with Gasteiger partial charge in [-0.1, -0.05) is 17.7 Å². The molecule has 2 rings (SSSR count). The van der Waals surface area contributed by atoms with Gasteiger partial charge >= 0.3 is 0 Å². The molecule has 1 atom stereocenters. The molecule has 0 aromatic rings. The summed E-state index contributed by atoms with van der Waals surface area (Å²) in [4.78, 5) is 0. The largest absolute Gasteiger partial charge is 0.358 e. The molecule has 1 heteroatoms. The number of ether oxygens (including phenoxy) is 1. The first-order valence-corrected chi connectivity index (χ1v) is 4.12. The minimum atomic E-state index is 0.0481. The molecule has 1 fully saturated rings. The van der Waals surface area contributed by atoms with E-state index in [0.29, 0.717) is 0 Å². The van der Waals surface area contributed by atoms with Crippen molar-refractivity contribution in [3.05, 3.63) is 23.8 Å². The summed E-state index contributed by atoms with van der Waals surface area (Å²) in [6.45, 7) is 6.41. The maximum absolute atomic E-state index is 5.65. The van der Waals surface area contributed by atoms with Gasteiger partial charge < -0.3 is 4.74 Å². The quantitative estimate of drug-likeness (QED) is 0.483. The number of hydrogen-bond acceptors (Lipinski definition) is 1. The molecule has 2 aliphatic rings. The summed E-state index contributed by atoms with van der Waals surface area (Å²) >= 11 is 0. The standard InChI is InChI=1S/C10H14O/c1-8-4-6-10(7-5-8)9(2,3)11-10/h4-6H,7H2,1-3H3. The summed E-state index contributed by atoms with van der Waals surface area (Å²) in [6.07, 6.45) is 7.64. The molecule has 1 aliphatic carbocycles. The second-order valence-electron chi connectivity index (χ2n) is 3.99. The van der Waals surface area contributed by atoms with Crippen molar-refractivity contribution in [3.63, 3.8) is 0 Å². The maximum Gasteiger partial charge on any atom is 0.119 e. The van der Waals surface area contributed by atoms with Crippen LogP contribution in [0.2, 0.25) is 0 Å². The lowest BCUT2D eigenvalue weighted by molar-refractivity contribution is 0.299. The predicted molar refractivity (Wildman–Crippen MR) is 45.4 cm³/mol. The van der Waals surface area contributed by atoms with Gasteiger partial charge in [0.1, 0.15) is 5.60 Å². The van der Waals surface area contributed by atoms with Gasteiger partial charge in [0, 0.05) is 6.42 Å². The van der Waals surface area contributed by atoms with Gasteiger partial charge in [0.15, 0.2) is 0 Å². The molecule has 0 radical (unpaired) electrons. The van der Waals surface area contributed by atoms with Crippen LogP contribution in [0, 0.1) is 0 Å². The Balaban J connectivity index is 2.20. The zero-order valence-electron chi connectivity index (χ0n) is 7.35. The Morgan fingerprint density at radius 2 is 2.09 bits per heavy atom. The lowest BCUT2D eigenvalue weighted by Gasteiger charge is -2.11. The molecule has 0 N–H and O–H groups in total. The van der Waals surface area contributed by atoms with E-state index in [1.54, 1.807) is 0 Å². The molecule has 0 aromatic carbocycles. The summed E-state index contributed by atoms with van der Waals surface area (Å²) in [5, 5.41) is 0. The Labute approximate surface area is 67.7 Å². The fourth-order valence-electron chi connectivity index (χ4n) is 1.67. The summed E-state index contributed by atoms with van der Waals surface area (Å²) < 4.78 is 5.65. The number of rotatable bonds is 0. The average Bonchev–Trinajstić information content (AvgIpc) is 2.44. The smallest absolute Gasteiger partial charge is 0.119 e. The molecular formula is C10H14O. The molecule has 60 valence electrons. The molecular weight excluding hydrogens is 136 g/mol. The lowest BCUT2D eigenvalue weighted by Crippen LogP contribution is -2.18. The first kappa shape index (κ1) is 7.11. The van der Waals surface area contributed by atoms with Crippen LogP contribution in [0.25, 0.3) is 0 Å². The lowest BCUT2D eigenvalue weighted by atomic mass is 9.88. The minimum Gasteiger partial charge on any atom is -0.358 e. The summed E-state index contributed by atoms with van der Waals surface area (Å²) in [5.74, 6) is 0. The van der Waals surface area contributed by atoms with Crippen molar-refractivity contribution in [2.24, 2.45) is 0 Å². The summed E-state index contributed by atoms with van der Waals surface area (Å²) in [6, 6.07) is 0. The van der Waals surface area contributed by atoms with Crippen molar-refractivity contribution in [2.75, 3.05) is 0 Å². The molecule has 1 aliphatic heterocycles. The third-order valence-corrected chi connectivity index (χ3v) is 2.76. The fraction of sp³-hybridized carbons (Fsp3) is 0.600. The Bertz CT molecular complexity index is 248. The second-order valence-corrected chi connectivity index (χ2v) is 3.99. The first-order valence-electron chi connectivity index (χ1n) is 4.12. The molecule has 1 unspecified atom stereocenters. The SMILES string of the molecule is CC1=CCC2(C=C1)OC2(C)C. The van der Waals surface area contributed by atoms with Gasteiger partial charge in [0.25, 0.3) is 0 Å². The highest BCUT2D eigenvalue weighted by Crippen LogP contribution is 2.52. The van der Waals surface area contributed by atoms with Crippen LogP contribution in [-0.4, -0.2) is 11.2 Å².